The molecular weight excluding hydrogens is 266 g/mol. The quantitative estimate of drug-likeness (QED) is 0.932. The van der Waals surface area contributed by atoms with Gasteiger partial charge in [-0.05, 0) is 54.0 Å². The summed E-state index contributed by atoms with van der Waals surface area (Å²) < 4.78 is 7.45. The molecule has 1 aliphatic carbocycles. The first-order chi connectivity index (χ1) is 9.82. The van der Waals surface area contributed by atoms with Gasteiger partial charge in [0.05, 0.1) is 6.10 Å². The number of rotatable bonds is 4. The van der Waals surface area contributed by atoms with E-state index in [1.807, 2.05) is 11.3 Å². The van der Waals surface area contributed by atoms with Gasteiger partial charge in [-0.15, -0.1) is 11.3 Å². The van der Waals surface area contributed by atoms with Crippen molar-refractivity contribution < 1.29 is 4.74 Å². The maximum absolute atomic E-state index is 6.21. The van der Waals surface area contributed by atoms with Crippen molar-refractivity contribution in [2.45, 2.75) is 31.8 Å². The third kappa shape index (κ3) is 2.00. The molecule has 2 atom stereocenters. The molecule has 3 heteroatoms. The van der Waals surface area contributed by atoms with Crippen LogP contribution < -0.4 is 5.73 Å². The molecule has 20 heavy (non-hydrogen) atoms. The van der Waals surface area contributed by atoms with E-state index in [9.17, 15) is 0 Å². The summed E-state index contributed by atoms with van der Waals surface area (Å²) in [5.74, 6) is 0.769. The molecule has 1 aliphatic heterocycles. The van der Waals surface area contributed by atoms with Crippen molar-refractivity contribution in [1.82, 2.24) is 0 Å². The Bertz CT molecular complexity index is 618. The molecule has 0 amide bonds. The van der Waals surface area contributed by atoms with Crippen LogP contribution >= 0.6 is 11.3 Å². The monoisotopic (exact) mass is 287 g/mol. The van der Waals surface area contributed by atoms with Crippen molar-refractivity contribution in [3.05, 3.63) is 35.2 Å². The fraction of sp³-hybridized carbons (Fsp3) is 0.529. The van der Waals surface area contributed by atoms with Gasteiger partial charge in [0.25, 0.3) is 0 Å². The minimum atomic E-state index is 0.172. The number of hydrogen-bond donors (Lipinski definition) is 1. The van der Waals surface area contributed by atoms with Crippen molar-refractivity contribution in [2.75, 3.05) is 13.2 Å². The van der Waals surface area contributed by atoms with Crippen LogP contribution in [-0.2, 0) is 11.2 Å². The van der Waals surface area contributed by atoms with E-state index in [4.69, 9.17) is 10.5 Å². The average Bonchev–Trinajstić information content (AvgIpc) is 3.12. The van der Waals surface area contributed by atoms with Crippen LogP contribution in [0.25, 0.3) is 10.1 Å². The fourth-order valence-corrected chi connectivity index (χ4v) is 4.73. The lowest BCUT2D eigenvalue weighted by atomic mass is 9.74. The number of thiophene rings is 1. The van der Waals surface area contributed by atoms with Crippen molar-refractivity contribution in [3.8, 4) is 0 Å². The molecule has 2 aromatic rings. The highest BCUT2D eigenvalue weighted by Gasteiger charge is 2.50. The van der Waals surface area contributed by atoms with Crippen molar-refractivity contribution in [3.63, 3.8) is 0 Å². The van der Waals surface area contributed by atoms with E-state index in [-0.39, 0.29) is 5.41 Å². The molecule has 106 valence electrons. The molecule has 2 N–H and O–H groups in total. The van der Waals surface area contributed by atoms with Crippen LogP contribution in [0.5, 0.6) is 0 Å². The fourth-order valence-electron chi connectivity index (χ4n) is 3.77. The molecule has 0 bridgehead atoms. The van der Waals surface area contributed by atoms with E-state index in [1.54, 1.807) is 0 Å². The Labute approximate surface area is 123 Å². The lowest BCUT2D eigenvalue weighted by Crippen LogP contribution is -2.41. The summed E-state index contributed by atoms with van der Waals surface area (Å²) in [4.78, 5) is 0. The van der Waals surface area contributed by atoms with Gasteiger partial charge < -0.3 is 10.5 Å². The lowest BCUT2D eigenvalue weighted by molar-refractivity contribution is 0.0346. The van der Waals surface area contributed by atoms with Gasteiger partial charge in [-0.2, -0.15) is 0 Å². The molecule has 1 aromatic heterocycles. The van der Waals surface area contributed by atoms with Crippen molar-refractivity contribution in [2.24, 2.45) is 17.1 Å². The van der Waals surface area contributed by atoms with Crippen LogP contribution in [0.2, 0.25) is 0 Å². The Balaban J connectivity index is 1.68. The van der Waals surface area contributed by atoms with Crippen LogP contribution in [0.15, 0.2) is 29.6 Å². The molecule has 2 unspecified atom stereocenters. The van der Waals surface area contributed by atoms with Crippen LogP contribution in [0.3, 0.4) is 0 Å². The first-order valence-corrected chi connectivity index (χ1v) is 8.47. The van der Waals surface area contributed by atoms with E-state index >= 15 is 0 Å². The number of ether oxygens (including phenoxy) is 1. The number of benzene rings is 1. The summed E-state index contributed by atoms with van der Waals surface area (Å²) in [6.07, 6.45) is 5.25. The third-order valence-corrected chi connectivity index (χ3v) is 6.07. The first kappa shape index (κ1) is 12.8. The highest BCUT2D eigenvalue weighted by molar-refractivity contribution is 7.17. The summed E-state index contributed by atoms with van der Waals surface area (Å²) in [5, 5.41) is 3.73. The Hall–Kier alpha value is -0.900. The van der Waals surface area contributed by atoms with E-state index < -0.39 is 0 Å². The minimum absolute atomic E-state index is 0.172. The van der Waals surface area contributed by atoms with Gasteiger partial charge in [-0.3, -0.25) is 0 Å². The second-order valence-corrected chi connectivity index (χ2v) is 7.29. The highest BCUT2D eigenvalue weighted by Crippen LogP contribution is 2.49. The maximum Gasteiger partial charge on any atom is 0.0675 e. The maximum atomic E-state index is 6.21. The smallest absolute Gasteiger partial charge is 0.0675 e. The second kappa shape index (κ2) is 4.83. The molecule has 2 nitrogen and oxygen atoms in total. The van der Waals surface area contributed by atoms with Crippen molar-refractivity contribution >= 4 is 21.4 Å². The number of fused-ring (bicyclic) bond motifs is 1. The van der Waals surface area contributed by atoms with Gasteiger partial charge in [0, 0.05) is 23.3 Å². The molecule has 2 heterocycles. The largest absolute Gasteiger partial charge is 0.377 e. The molecule has 2 fully saturated rings. The van der Waals surface area contributed by atoms with Gasteiger partial charge in [0.1, 0.15) is 0 Å². The van der Waals surface area contributed by atoms with Crippen LogP contribution in [0.1, 0.15) is 24.8 Å². The van der Waals surface area contributed by atoms with Crippen LogP contribution in [0.4, 0.5) is 0 Å². The second-order valence-electron chi connectivity index (χ2n) is 6.38. The Morgan fingerprint density at radius 1 is 1.30 bits per heavy atom. The summed E-state index contributed by atoms with van der Waals surface area (Å²) in [6.45, 7) is 1.64. The van der Waals surface area contributed by atoms with E-state index in [0.29, 0.717) is 6.10 Å². The summed E-state index contributed by atoms with van der Waals surface area (Å²) in [6, 6.07) is 8.71. The SMILES string of the molecule is NCC1(Cc2csc3ccccc23)CCOC1C1CC1. The summed E-state index contributed by atoms with van der Waals surface area (Å²) >= 11 is 1.85. The van der Waals surface area contributed by atoms with Crippen molar-refractivity contribution in [1.29, 1.82) is 0 Å². The molecule has 1 saturated carbocycles. The van der Waals surface area contributed by atoms with Crippen LogP contribution in [0, 0.1) is 11.3 Å². The van der Waals surface area contributed by atoms with E-state index in [2.05, 4.69) is 29.6 Å². The molecule has 0 spiro atoms. The number of hydrogen-bond acceptors (Lipinski definition) is 3. The van der Waals surface area contributed by atoms with Gasteiger partial charge in [0.2, 0.25) is 0 Å². The topological polar surface area (TPSA) is 35.2 Å². The zero-order valence-corrected chi connectivity index (χ0v) is 12.5. The predicted molar refractivity (Wildman–Crippen MR) is 84.1 cm³/mol. The minimum Gasteiger partial charge on any atom is -0.377 e. The Kier molecular flexibility index (Phi) is 3.09. The van der Waals surface area contributed by atoms with Gasteiger partial charge in [-0.1, -0.05) is 18.2 Å². The summed E-state index contributed by atoms with van der Waals surface area (Å²) in [5.41, 5.74) is 7.85. The Morgan fingerprint density at radius 2 is 2.15 bits per heavy atom. The zero-order chi connectivity index (χ0) is 13.6. The van der Waals surface area contributed by atoms with Gasteiger partial charge >= 0.3 is 0 Å². The predicted octanol–water partition coefficient (Wildman–Crippen LogP) is 3.59. The first-order valence-electron chi connectivity index (χ1n) is 7.59. The van der Waals surface area contributed by atoms with E-state index in [0.717, 1.165) is 31.9 Å². The Morgan fingerprint density at radius 3 is 2.95 bits per heavy atom. The zero-order valence-electron chi connectivity index (χ0n) is 11.7. The van der Waals surface area contributed by atoms with E-state index in [1.165, 1.54) is 28.5 Å². The molecule has 1 saturated heterocycles. The van der Waals surface area contributed by atoms with Gasteiger partial charge in [0.15, 0.2) is 0 Å². The normalized spacial score (nSPS) is 30.1. The standard InChI is InChI=1S/C17H21NOS/c18-11-17(7-8-19-16(17)12-5-6-12)9-13-10-20-15-4-2-1-3-14(13)15/h1-4,10,12,16H,5-9,11,18H2. The van der Waals surface area contributed by atoms with Gasteiger partial charge in [-0.25, -0.2) is 0 Å². The molecule has 2 aliphatic rings. The molecular formula is C17H21NOS. The molecule has 0 radical (unpaired) electrons. The highest BCUT2D eigenvalue weighted by atomic mass is 32.1. The van der Waals surface area contributed by atoms with Crippen LogP contribution in [-0.4, -0.2) is 19.3 Å². The lowest BCUT2D eigenvalue weighted by Gasteiger charge is -2.33. The third-order valence-electron chi connectivity index (χ3n) is 5.06. The summed E-state index contributed by atoms with van der Waals surface area (Å²) in [7, 11) is 0. The number of nitrogens with two attached hydrogens (primary N) is 1. The molecule has 1 aromatic carbocycles. The average molecular weight is 287 g/mol. The molecule has 4 rings (SSSR count).